The molecule has 2 heteroatoms. The fourth-order valence-electron chi connectivity index (χ4n) is 3.27. The number of aldehydes is 1. The lowest BCUT2D eigenvalue weighted by Crippen LogP contribution is -2.39. The molecule has 1 aromatic carbocycles. The van der Waals surface area contributed by atoms with Gasteiger partial charge in [0.1, 0.15) is 6.29 Å². The van der Waals surface area contributed by atoms with Gasteiger partial charge in [0.15, 0.2) is 0 Å². The molecule has 0 bridgehead atoms. The maximum Gasteiger partial charge on any atom is 0.127 e. The summed E-state index contributed by atoms with van der Waals surface area (Å²) < 4.78 is 0. The van der Waals surface area contributed by atoms with Crippen LogP contribution in [-0.2, 0) is 4.79 Å². The van der Waals surface area contributed by atoms with E-state index in [0.29, 0.717) is 0 Å². The Balaban J connectivity index is 2.14. The third-order valence-corrected chi connectivity index (χ3v) is 4.64. The van der Waals surface area contributed by atoms with Gasteiger partial charge in [-0.2, -0.15) is 0 Å². The van der Waals surface area contributed by atoms with Crippen LogP contribution in [0.15, 0.2) is 24.3 Å². The second-order valence-corrected chi connectivity index (χ2v) is 6.24. The van der Waals surface area contributed by atoms with Crippen LogP contribution in [0.5, 0.6) is 0 Å². The van der Waals surface area contributed by atoms with Gasteiger partial charge in [0.05, 0.1) is 0 Å². The number of hydrogen-bond donors (Lipinski definition) is 0. The van der Waals surface area contributed by atoms with Crippen molar-refractivity contribution in [1.29, 1.82) is 0 Å². The molecule has 1 fully saturated rings. The summed E-state index contributed by atoms with van der Waals surface area (Å²) in [5.41, 5.74) is 2.39. The molecule has 1 aliphatic rings. The monoisotopic (exact) mass is 273 g/mol. The van der Waals surface area contributed by atoms with Gasteiger partial charge < -0.3 is 9.69 Å². The SMILES string of the molecule is CCN(CC1(C=O)CCCCCC1)c1ccc(C)cc1. The standard InChI is InChI=1S/C18H27NO/c1-3-19(17-10-8-16(2)9-11-17)14-18(15-20)12-6-4-5-7-13-18/h8-11,15H,3-7,12-14H2,1-2H3. The van der Waals surface area contributed by atoms with Gasteiger partial charge in [-0.05, 0) is 38.8 Å². The van der Waals surface area contributed by atoms with E-state index in [1.807, 2.05) is 0 Å². The van der Waals surface area contributed by atoms with Crippen LogP contribution in [0.4, 0.5) is 5.69 Å². The summed E-state index contributed by atoms with van der Waals surface area (Å²) >= 11 is 0. The Morgan fingerprint density at radius 3 is 2.20 bits per heavy atom. The van der Waals surface area contributed by atoms with E-state index in [4.69, 9.17) is 0 Å². The lowest BCUT2D eigenvalue weighted by atomic mass is 9.81. The summed E-state index contributed by atoms with van der Waals surface area (Å²) in [6, 6.07) is 8.65. The van der Waals surface area contributed by atoms with Crippen molar-refractivity contribution >= 4 is 12.0 Å². The Labute approximate surface area is 123 Å². The van der Waals surface area contributed by atoms with Crippen LogP contribution in [-0.4, -0.2) is 19.4 Å². The van der Waals surface area contributed by atoms with Crippen molar-refractivity contribution in [2.24, 2.45) is 5.41 Å². The largest absolute Gasteiger partial charge is 0.371 e. The number of benzene rings is 1. The second-order valence-electron chi connectivity index (χ2n) is 6.24. The molecule has 110 valence electrons. The van der Waals surface area contributed by atoms with Crippen LogP contribution in [0.25, 0.3) is 0 Å². The Bertz CT molecular complexity index is 416. The van der Waals surface area contributed by atoms with Crippen molar-refractivity contribution in [3.05, 3.63) is 29.8 Å². The van der Waals surface area contributed by atoms with E-state index in [-0.39, 0.29) is 5.41 Å². The van der Waals surface area contributed by atoms with Crippen LogP contribution < -0.4 is 4.90 Å². The zero-order valence-corrected chi connectivity index (χ0v) is 12.9. The van der Waals surface area contributed by atoms with Gasteiger partial charge in [-0.15, -0.1) is 0 Å². The van der Waals surface area contributed by atoms with Gasteiger partial charge in [-0.25, -0.2) is 0 Å². The molecule has 1 aromatic rings. The molecule has 0 heterocycles. The minimum Gasteiger partial charge on any atom is -0.371 e. The summed E-state index contributed by atoms with van der Waals surface area (Å²) in [6.07, 6.45) is 8.32. The first-order valence-corrected chi connectivity index (χ1v) is 7.97. The minimum absolute atomic E-state index is 0.128. The van der Waals surface area contributed by atoms with Gasteiger partial charge in [-0.1, -0.05) is 43.4 Å². The Morgan fingerprint density at radius 1 is 1.10 bits per heavy atom. The molecule has 2 rings (SSSR count). The molecule has 0 radical (unpaired) electrons. The highest BCUT2D eigenvalue weighted by Crippen LogP contribution is 2.35. The van der Waals surface area contributed by atoms with E-state index in [9.17, 15) is 4.79 Å². The first-order valence-electron chi connectivity index (χ1n) is 7.97. The Hall–Kier alpha value is -1.31. The van der Waals surface area contributed by atoms with E-state index in [1.54, 1.807) is 0 Å². The maximum atomic E-state index is 11.7. The van der Waals surface area contributed by atoms with Crippen molar-refractivity contribution in [3.8, 4) is 0 Å². The topological polar surface area (TPSA) is 20.3 Å². The molecule has 0 N–H and O–H groups in total. The summed E-state index contributed by atoms with van der Waals surface area (Å²) in [5.74, 6) is 0. The molecule has 0 saturated heterocycles. The third kappa shape index (κ3) is 3.62. The molecule has 0 amide bonds. The third-order valence-electron chi connectivity index (χ3n) is 4.64. The molecular weight excluding hydrogens is 246 g/mol. The average molecular weight is 273 g/mol. The number of rotatable bonds is 5. The fraction of sp³-hybridized carbons (Fsp3) is 0.611. The van der Waals surface area contributed by atoms with Crippen molar-refractivity contribution < 1.29 is 4.79 Å². The number of anilines is 1. The number of carbonyl (C=O) groups is 1. The smallest absolute Gasteiger partial charge is 0.127 e. The second kappa shape index (κ2) is 6.92. The number of nitrogens with zero attached hydrogens (tertiary/aromatic N) is 1. The molecule has 0 aromatic heterocycles. The number of carbonyl (C=O) groups excluding carboxylic acids is 1. The van der Waals surface area contributed by atoms with Gasteiger partial charge in [-0.3, -0.25) is 0 Å². The Morgan fingerprint density at radius 2 is 1.70 bits per heavy atom. The van der Waals surface area contributed by atoms with Crippen molar-refractivity contribution in [1.82, 2.24) is 0 Å². The van der Waals surface area contributed by atoms with E-state index < -0.39 is 0 Å². The normalized spacial score (nSPS) is 18.3. The van der Waals surface area contributed by atoms with Crippen LogP contribution in [0, 0.1) is 12.3 Å². The molecule has 0 spiro atoms. The molecule has 1 aliphatic carbocycles. The van der Waals surface area contributed by atoms with Gasteiger partial charge in [0, 0.05) is 24.2 Å². The highest BCUT2D eigenvalue weighted by Gasteiger charge is 2.32. The van der Waals surface area contributed by atoms with Gasteiger partial charge in [0.2, 0.25) is 0 Å². The summed E-state index contributed by atoms with van der Waals surface area (Å²) in [5, 5.41) is 0. The van der Waals surface area contributed by atoms with Crippen molar-refractivity contribution in [3.63, 3.8) is 0 Å². The van der Waals surface area contributed by atoms with E-state index in [0.717, 1.165) is 25.9 Å². The molecule has 0 unspecified atom stereocenters. The first-order chi connectivity index (χ1) is 9.69. The minimum atomic E-state index is -0.128. The molecule has 0 atom stereocenters. The van der Waals surface area contributed by atoms with E-state index in [1.165, 1.54) is 43.2 Å². The molecule has 1 saturated carbocycles. The first kappa shape index (κ1) is 15.1. The molecule has 20 heavy (non-hydrogen) atoms. The van der Waals surface area contributed by atoms with Gasteiger partial charge >= 0.3 is 0 Å². The van der Waals surface area contributed by atoms with Crippen molar-refractivity contribution in [2.45, 2.75) is 52.4 Å². The van der Waals surface area contributed by atoms with E-state index in [2.05, 4.69) is 43.0 Å². The van der Waals surface area contributed by atoms with Gasteiger partial charge in [0.25, 0.3) is 0 Å². The quantitative estimate of drug-likeness (QED) is 0.587. The number of hydrogen-bond acceptors (Lipinski definition) is 2. The highest BCUT2D eigenvalue weighted by molar-refractivity contribution is 5.62. The van der Waals surface area contributed by atoms with Crippen LogP contribution in [0.3, 0.4) is 0 Å². The Kier molecular flexibility index (Phi) is 5.22. The lowest BCUT2D eigenvalue weighted by Gasteiger charge is -2.34. The van der Waals surface area contributed by atoms with Crippen LogP contribution >= 0.6 is 0 Å². The zero-order valence-electron chi connectivity index (χ0n) is 12.9. The predicted molar refractivity (Wildman–Crippen MR) is 85.3 cm³/mol. The summed E-state index contributed by atoms with van der Waals surface area (Å²) in [7, 11) is 0. The maximum absolute atomic E-state index is 11.7. The number of aryl methyl sites for hydroxylation is 1. The fourth-order valence-corrected chi connectivity index (χ4v) is 3.27. The highest BCUT2D eigenvalue weighted by atomic mass is 16.1. The molecule has 0 aliphatic heterocycles. The lowest BCUT2D eigenvalue weighted by molar-refractivity contribution is -0.116. The predicted octanol–water partition coefficient (Wildman–Crippen LogP) is 4.36. The summed E-state index contributed by atoms with van der Waals surface area (Å²) in [4.78, 5) is 14.1. The zero-order chi connectivity index (χ0) is 14.4. The average Bonchev–Trinajstić information content (AvgIpc) is 2.72. The summed E-state index contributed by atoms with van der Waals surface area (Å²) in [6.45, 7) is 6.11. The van der Waals surface area contributed by atoms with Crippen molar-refractivity contribution in [2.75, 3.05) is 18.0 Å². The van der Waals surface area contributed by atoms with Crippen LogP contribution in [0.1, 0.15) is 51.0 Å². The van der Waals surface area contributed by atoms with Crippen LogP contribution in [0.2, 0.25) is 0 Å². The molecule has 2 nitrogen and oxygen atoms in total. The van der Waals surface area contributed by atoms with E-state index >= 15 is 0 Å². The molecular formula is C18H27NO.